The number of hydrogen-bond acceptors (Lipinski definition) is 6. The molecule has 7 heteroatoms. The number of rotatable bonds is 3. The van der Waals surface area contributed by atoms with Gasteiger partial charge in [-0.2, -0.15) is 0 Å². The zero-order chi connectivity index (χ0) is 13.4. The SMILES string of the molecule is CCS(=O)c1sc2nc(-c3nccs3)ccc2c1N. The Bertz CT molecular complexity index is 749. The third-order valence-electron chi connectivity index (χ3n) is 2.68. The van der Waals surface area contributed by atoms with Crippen LogP contribution in [0.2, 0.25) is 0 Å². The molecule has 0 radical (unpaired) electrons. The number of nitrogens with two attached hydrogens (primary N) is 1. The topological polar surface area (TPSA) is 68.9 Å². The number of thiazole rings is 1. The molecule has 3 rings (SSSR count). The molecule has 0 fully saturated rings. The Morgan fingerprint density at radius 3 is 2.95 bits per heavy atom. The molecule has 0 saturated heterocycles. The maximum Gasteiger partial charge on any atom is 0.141 e. The van der Waals surface area contributed by atoms with Gasteiger partial charge in [-0.25, -0.2) is 9.97 Å². The van der Waals surface area contributed by atoms with E-state index in [4.69, 9.17) is 5.73 Å². The van der Waals surface area contributed by atoms with Gasteiger partial charge in [-0.1, -0.05) is 6.92 Å². The van der Waals surface area contributed by atoms with Gasteiger partial charge in [-0.05, 0) is 12.1 Å². The van der Waals surface area contributed by atoms with Crippen LogP contribution in [0.1, 0.15) is 6.92 Å². The highest BCUT2D eigenvalue weighted by Gasteiger charge is 2.15. The molecule has 0 aliphatic heterocycles. The molecular formula is C12H11N3OS3. The Morgan fingerprint density at radius 1 is 1.42 bits per heavy atom. The van der Waals surface area contributed by atoms with Crippen LogP contribution in [0.25, 0.3) is 20.9 Å². The summed E-state index contributed by atoms with van der Waals surface area (Å²) >= 11 is 2.95. The highest BCUT2D eigenvalue weighted by molar-refractivity contribution is 7.87. The zero-order valence-electron chi connectivity index (χ0n) is 10.1. The molecule has 19 heavy (non-hydrogen) atoms. The van der Waals surface area contributed by atoms with E-state index in [1.54, 1.807) is 17.5 Å². The fraction of sp³-hybridized carbons (Fsp3) is 0.167. The maximum atomic E-state index is 11.9. The molecular weight excluding hydrogens is 298 g/mol. The lowest BCUT2D eigenvalue weighted by Crippen LogP contribution is -1.95. The zero-order valence-corrected chi connectivity index (χ0v) is 12.6. The van der Waals surface area contributed by atoms with Crippen molar-refractivity contribution < 1.29 is 4.21 Å². The van der Waals surface area contributed by atoms with E-state index in [2.05, 4.69) is 9.97 Å². The third-order valence-corrected chi connectivity index (χ3v) is 6.35. The number of aromatic nitrogens is 2. The van der Waals surface area contributed by atoms with Gasteiger partial charge in [0.1, 0.15) is 19.7 Å². The molecule has 0 aliphatic rings. The van der Waals surface area contributed by atoms with Gasteiger partial charge in [0.15, 0.2) is 0 Å². The minimum Gasteiger partial charge on any atom is -0.397 e. The van der Waals surface area contributed by atoms with E-state index in [0.29, 0.717) is 11.4 Å². The highest BCUT2D eigenvalue weighted by atomic mass is 32.2. The van der Waals surface area contributed by atoms with Crippen LogP contribution >= 0.6 is 22.7 Å². The Labute approximate surface area is 120 Å². The number of hydrogen-bond donors (Lipinski definition) is 1. The minimum absolute atomic E-state index is 0.566. The molecule has 98 valence electrons. The van der Waals surface area contributed by atoms with Gasteiger partial charge in [0.05, 0.1) is 16.5 Å². The van der Waals surface area contributed by atoms with E-state index in [1.807, 2.05) is 24.4 Å². The van der Waals surface area contributed by atoms with Crippen molar-refractivity contribution in [1.82, 2.24) is 9.97 Å². The van der Waals surface area contributed by atoms with Crippen LogP contribution in [0.3, 0.4) is 0 Å². The lowest BCUT2D eigenvalue weighted by Gasteiger charge is -1.96. The van der Waals surface area contributed by atoms with Crippen molar-refractivity contribution in [2.24, 2.45) is 0 Å². The summed E-state index contributed by atoms with van der Waals surface area (Å²) in [5.41, 5.74) is 7.48. The molecule has 0 saturated carbocycles. The molecule has 1 unspecified atom stereocenters. The highest BCUT2D eigenvalue weighted by Crippen LogP contribution is 2.36. The largest absolute Gasteiger partial charge is 0.397 e. The molecule has 3 aromatic rings. The van der Waals surface area contributed by atoms with Crippen LogP contribution < -0.4 is 5.73 Å². The van der Waals surface area contributed by atoms with E-state index in [-0.39, 0.29) is 0 Å². The molecule has 2 N–H and O–H groups in total. The smallest absolute Gasteiger partial charge is 0.141 e. The van der Waals surface area contributed by atoms with Crippen LogP contribution in [-0.4, -0.2) is 19.9 Å². The minimum atomic E-state index is -1.04. The standard InChI is InChI=1S/C12H11N3OS3/c1-2-19(16)12-9(13)7-3-4-8(15-10(7)18-12)11-14-5-6-17-11/h3-6H,2,13H2,1H3. The van der Waals surface area contributed by atoms with Crippen molar-refractivity contribution in [3.63, 3.8) is 0 Å². The second-order valence-corrected chi connectivity index (χ2v) is 7.65. The maximum absolute atomic E-state index is 11.9. The van der Waals surface area contributed by atoms with Gasteiger partial charge >= 0.3 is 0 Å². The summed E-state index contributed by atoms with van der Waals surface area (Å²) in [5.74, 6) is 0.566. The van der Waals surface area contributed by atoms with Gasteiger partial charge in [0, 0.05) is 22.7 Å². The summed E-state index contributed by atoms with van der Waals surface area (Å²) in [7, 11) is -1.04. The van der Waals surface area contributed by atoms with Crippen LogP contribution in [0.4, 0.5) is 5.69 Å². The monoisotopic (exact) mass is 309 g/mol. The number of fused-ring (bicyclic) bond motifs is 1. The van der Waals surface area contributed by atoms with Gasteiger partial charge in [0.2, 0.25) is 0 Å². The van der Waals surface area contributed by atoms with Gasteiger partial charge in [-0.15, -0.1) is 22.7 Å². The van der Waals surface area contributed by atoms with Crippen molar-refractivity contribution in [3.05, 3.63) is 23.7 Å². The number of nitrogens with zero attached hydrogens (tertiary/aromatic N) is 2. The molecule has 1 atom stereocenters. The molecule has 4 nitrogen and oxygen atoms in total. The lowest BCUT2D eigenvalue weighted by atomic mass is 10.3. The quantitative estimate of drug-likeness (QED) is 0.807. The Balaban J connectivity index is 2.17. The van der Waals surface area contributed by atoms with Gasteiger partial charge in [0.25, 0.3) is 0 Å². The normalized spacial score (nSPS) is 12.9. The van der Waals surface area contributed by atoms with E-state index >= 15 is 0 Å². The van der Waals surface area contributed by atoms with Gasteiger partial charge < -0.3 is 5.73 Å². The first-order chi connectivity index (χ1) is 9.20. The van der Waals surface area contributed by atoms with E-state index < -0.39 is 10.8 Å². The fourth-order valence-electron chi connectivity index (χ4n) is 1.75. The Kier molecular flexibility index (Phi) is 3.34. The number of nitrogen functional groups attached to an aromatic ring is 1. The fourth-order valence-corrected chi connectivity index (χ4v) is 4.76. The van der Waals surface area contributed by atoms with Crippen molar-refractivity contribution in [2.45, 2.75) is 11.1 Å². The summed E-state index contributed by atoms with van der Waals surface area (Å²) in [6, 6.07) is 3.84. The van der Waals surface area contributed by atoms with E-state index in [0.717, 1.165) is 25.1 Å². The molecule has 0 amide bonds. The first kappa shape index (κ1) is 12.7. The summed E-state index contributed by atoms with van der Waals surface area (Å²) in [4.78, 5) is 9.63. The summed E-state index contributed by atoms with van der Waals surface area (Å²) in [6.07, 6.45) is 1.76. The number of anilines is 1. The third kappa shape index (κ3) is 2.18. The molecule has 0 bridgehead atoms. The van der Waals surface area contributed by atoms with Crippen molar-refractivity contribution >= 4 is 49.4 Å². The second kappa shape index (κ2) is 4.99. The Hall–Kier alpha value is -1.31. The van der Waals surface area contributed by atoms with Crippen molar-refractivity contribution in [2.75, 3.05) is 11.5 Å². The molecule has 0 spiro atoms. The first-order valence-electron chi connectivity index (χ1n) is 5.68. The Morgan fingerprint density at radius 2 is 2.26 bits per heavy atom. The second-order valence-electron chi connectivity index (χ2n) is 3.82. The molecule has 0 aromatic carbocycles. The molecule has 3 aromatic heterocycles. The summed E-state index contributed by atoms with van der Waals surface area (Å²) in [5, 5.41) is 3.68. The van der Waals surface area contributed by atoms with Crippen LogP contribution in [0, 0.1) is 0 Å². The molecule has 3 heterocycles. The van der Waals surface area contributed by atoms with Crippen molar-refractivity contribution in [3.8, 4) is 10.7 Å². The van der Waals surface area contributed by atoms with Crippen LogP contribution in [-0.2, 0) is 10.8 Å². The predicted octanol–water partition coefficient (Wildman–Crippen LogP) is 3.13. The summed E-state index contributed by atoms with van der Waals surface area (Å²) in [6.45, 7) is 1.88. The average molecular weight is 309 g/mol. The number of pyridine rings is 1. The van der Waals surface area contributed by atoms with E-state index in [9.17, 15) is 4.21 Å². The summed E-state index contributed by atoms with van der Waals surface area (Å²) < 4.78 is 12.6. The average Bonchev–Trinajstić information content (AvgIpc) is 3.06. The first-order valence-corrected chi connectivity index (χ1v) is 8.69. The molecule has 0 aliphatic carbocycles. The van der Waals surface area contributed by atoms with E-state index in [1.165, 1.54) is 11.3 Å². The van der Waals surface area contributed by atoms with Crippen molar-refractivity contribution in [1.29, 1.82) is 0 Å². The van der Waals surface area contributed by atoms with Crippen LogP contribution in [0.5, 0.6) is 0 Å². The number of thiophene rings is 1. The predicted molar refractivity (Wildman–Crippen MR) is 82.1 cm³/mol. The lowest BCUT2D eigenvalue weighted by molar-refractivity contribution is 0.685. The van der Waals surface area contributed by atoms with Gasteiger partial charge in [-0.3, -0.25) is 4.21 Å². The van der Waals surface area contributed by atoms with Crippen LogP contribution in [0.15, 0.2) is 27.9 Å².